The van der Waals surface area contributed by atoms with Gasteiger partial charge < -0.3 is 10.6 Å². The van der Waals surface area contributed by atoms with E-state index in [1.807, 2.05) is 0 Å². The summed E-state index contributed by atoms with van der Waals surface area (Å²) in [6, 6.07) is 0. The molecule has 2 fully saturated rings. The number of carbonyl (C=O) groups is 1. The van der Waals surface area contributed by atoms with E-state index in [-0.39, 0.29) is 5.91 Å². The molecule has 1 atom stereocenters. The predicted molar refractivity (Wildman–Crippen MR) is 69.7 cm³/mol. The fourth-order valence-electron chi connectivity index (χ4n) is 3.28. The molecule has 0 aromatic heterocycles. The second kappa shape index (κ2) is 4.27. The smallest absolute Gasteiger partial charge is 0.220 e. The van der Waals surface area contributed by atoms with Crippen molar-refractivity contribution in [3.05, 3.63) is 0 Å². The van der Waals surface area contributed by atoms with Crippen molar-refractivity contribution in [2.24, 2.45) is 22.7 Å². The zero-order chi connectivity index (χ0) is 12.7. The highest BCUT2D eigenvalue weighted by Crippen LogP contribution is 2.67. The Morgan fingerprint density at radius 3 is 2.41 bits per heavy atom. The van der Waals surface area contributed by atoms with Crippen LogP contribution in [0.1, 0.15) is 40.5 Å². The summed E-state index contributed by atoms with van der Waals surface area (Å²) in [6.45, 7) is 12.1. The average Bonchev–Trinajstić information content (AvgIpc) is 2.61. The Bertz CT molecular complexity index is 289. The Morgan fingerprint density at radius 1 is 1.29 bits per heavy atom. The molecule has 2 aliphatic rings. The minimum Gasteiger partial charge on any atom is -0.356 e. The summed E-state index contributed by atoms with van der Waals surface area (Å²) in [6.07, 6.45) is 1.84. The van der Waals surface area contributed by atoms with E-state index in [1.165, 1.54) is 0 Å². The number of amides is 1. The van der Waals surface area contributed by atoms with E-state index in [0.29, 0.717) is 29.1 Å². The fourth-order valence-corrected chi connectivity index (χ4v) is 3.28. The zero-order valence-corrected chi connectivity index (χ0v) is 11.6. The van der Waals surface area contributed by atoms with Crippen molar-refractivity contribution in [1.29, 1.82) is 0 Å². The van der Waals surface area contributed by atoms with Gasteiger partial charge in [-0.15, -0.1) is 0 Å². The minimum absolute atomic E-state index is 0.234. The third-order valence-corrected chi connectivity index (χ3v) is 5.46. The van der Waals surface area contributed by atoms with Crippen LogP contribution in [0.4, 0.5) is 0 Å². The van der Waals surface area contributed by atoms with E-state index in [0.717, 1.165) is 26.1 Å². The highest BCUT2D eigenvalue weighted by Gasteiger charge is 2.64. The van der Waals surface area contributed by atoms with E-state index < -0.39 is 0 Å². The second-order valence-corrected chi connectivity index (χ2v) is 6.86. The number of hydrogen-bond donors (Lipinski definition) is 2. The van der Waals surface area contributed by atoms with Gasteiger partial charge in [-0.3, -0.25) is 4.79 Å². The molecular formula is C14H26N2O. The lowest BCUT2D eigenvalue weighted by Gasteiger charge is -2.09. The summed E-state index contributed by atoms with van der Waals surface area (Å²) in [4.78, 5) is 11.8. The third kappa shape index (κ3) is 2.35. The van der Waals surface area contributed by atoms with Crippen LogP contribution in [0.25, 0.3) is 0 Å². The Balaban J connectivity index is 1.70. The molecule has 17 heavy (non-hydrogen) atoms. The van der Waals surface area contributed by atoms with Crippen molar-refractivity contribution >= 4 is 5.91 Å². The molecule has 1 heterocycles. The Kier molecular flexibility index (Phi) is 3.23. The van der Waals surface area contributed by atoms with Crippen molar-refractivity contribution in [2.45, 2.75) is 40.5 Å². The van der Waals surface area contributed by atoms with Crippen LogP contribution >= 0.6 is 0 Å². The molecule has 0 radical (unpaired) electrons. The molecule has 0 aromatic rings. The van der Waals surface area contributed by atoms with Gasteiger partial charge in [0.1, 0.15) is 0 Å². The molecule has 0 aromatic carbocycles. The van der Waals surface area contributed by atoms with E-state index in [1.54, 1.807) is 0 Å². The summed E-state index contributed by atoms with van der Waals surface area (Å²) in [7, 11) is 0. The average molecular weight is 238 g/mol. The molecule has 98 valence electrons. The van der Waals surface area contributed by atoms with E-state index >= 15 is 0 Å². The molecule has 1 aliphatic heterocycles. The van der Waals surface area contributed by atoms with Gasteiger partial charge in [-0.2, -0.15) is 0 Å². The molecule has 3 heteroatoms. The third-order valence-electron chi connectivity index (χ3n) is 5.46. The second-order valence-electron chi connectivity index (χ2n) is 6.86. The zero-order valence-electron chi connectivity index (χ0n) is 11.6. The maximum Gasteiger partial charge on any atom is 0.220 e. The normalized spacial score (nSPS) is 30.2. The number of hydrogen-bond acceptors (Lipinski definition) is 2. The molecule has 0 spiro atoms. The van der Waals surface area contributed by atoms with Gasteiger partial charge >= 0.3 is 0 Å². The molecule has 2 N–H and O–H groups in total. The van der Waals surface area contributed by atoms with Crippen LogP contribution in [0.5, 0.6) is 0 Å². The summed E-state index contributed by atoms with van der Waals surface area (Å²) in [5.41, 5.74) is 0.740. The first-order valence-electron chi connectivity index (χ1n) is 6.83. The van der Waals surface area contributed by atoms with Crippen molar-refractivity contribution in [3.63, 3.8) is 0 Å². The molecule has 1 amide bonds. The first-order chi connectivity index (χ1) is 7.85. The van der Waals surface area contributed by atoms with Gasteiger partial charge in [0, 0.05) is 13.0 Å². The minimum atomic E-state index is 0.234. The van der Waals surface area contributed by atoms with Crippen LogP contribution in [0.2, 0.25) is 0 Å². The highest BCUT2D eigenvalue weighted by molar-refractivity contribution is 5.76. The van der Waals surface area contributed by atoms with E-state index in [4.69, 9.17) is 0 Å². The standard InChI is InChI=1S/C14H26N2O/c1-13(2)11(14(13,3)4)9-16-12(17)7-10-5-6-15-8-10/h10-11,15H,5-9H2,1-4H3,(H,16,17). The molecule has 2 rings (SSSR count). The van der Waals surface area contributed by atoms with Crippen LogP contribution in [0, 0.1) is 22.7 Å². The topological polar surface area (TPSA) is 41.1 Å². The Labute approximate surface area is 105 Å². The van der Waals surface area contributed by atoms with E-state index in [9.17, 15) is 4.79 Å². The Hall–Kier alpha value is -0.570. The summed E-state index contributed by atoms with van der Waals surface area (Å²) < 4.78 is 0. The summed E-state index contributed by atoms with van der Waals surface area (Å²) >= 11 is 0. The van der Waals surface area contributed by atoms with Gasteiger partial charge in [-0.25, -0.2) is 0 Å². The first kappa shape index (κ1) is 12.9. The van der Waals surface area contributed by atoms with Crippen LogP contribution < -0.4 is 10.6 Å². The van der Waals surface area contributed by atoms with Gasteiger partial charge in [0.2, 0.25) is 5.91 Å². The van der Waals surface area contributed by atoms with Crippen LogP contribution in [-0.2, 0) is 4.79 Å². The molecule has 1 aliphatic carbocycles. The summed E-state index contributed by atoms with van der Waals surface area (Å²) in [5.74, 6) is 1.41. The maximum atomic E-state index is 11.8. The SMILES string of the molecule is CC1(C)C(CNC(=O)CC2CCNC2)C1(C)C. The quantitative estimate of drug-likeness (QED) is 0.784. The highest BCUT2D eigenvalue weighted by atomic mass is 16.1. The van der Waals surface area contributed by atoms with Gasteiger partial charge in [-0.1, -0.05) is 27.7 Å². The fraction of sp³-hybridized carbons (Fsp3) is 0.929. The van der Waals surface area contributed by atoms with E-state index in [2.05, 4.69) is 38.3 Å². The molecule has 1 unspecified atom stereocenters. The molecular weight excluding hydrogens is 212 g/mol. The van der Waals surface area contributed by atoms with Gasteiger partial charge in [0.15, 0.2) is 0 Å². The van der Waals surface area contributed by atoms with Crippen molar-refractivity contribution in [2.75, 3.05) is 19.6 Å². The first-order valence-corrected chi connectivity index (χ1v) is 6.83. The Morgan fingerprint density at radius 2 is 1.94 bits per heavy atom. The van der Waals surface area contributed by atoms with Gasteiger partial charge in [-0.05, 0) is 42.2 Å². The molecule has 3 nitrogen and oxygen atoms in total. The number of carbonyl (C=O) groups excluding carboxylic acids is 1. The van der Waals surface area contributed by atoms with Crippen molar-refractivity contribution < 1.29 is 4.79 Å². The van der Waals surface area contributed by atoms with Gasteiger partial charge in [0.25, 0.3) is 0 Å². The number of rotatable bonds is 4. The summed E-state index contributed by atoms with van der Waals surface area (Å²) in [5, 5.41) is 6.42. The lowest BCUT2D eigenvalue weighted by atomic mass is 10.0. The van der Waals surface area contributed by atoms with Crippen molar-refractivity contribution in [1.82, 2.24) is 10.6 Å². The molecule has 1 saturated carbocycles. The molecule has 1 saturated heterocycles. The predicted octanol–water partition coefficient (Wildman–Crippen LogP) is 1.78. The van der Waals surface area contributed by atoms with Crippen LogP contribution in [0.3, 0.4) is 0 Å². The van der Waals surface area contributed by atoms with Crippen molar-refractivity contribution in [3.8, 4) is 0 Å². The largest absolute Gasteiger partial charge is 0.356 e. The lowest BCUT2D eigenvalue weighted by Crippen LogP contribution is -2.29. The van der Waals surface area contributed by atoms with Crippen LogP contribution in [0.15, 0.2) is 0 Å². The lowest BCUT2D eigenvalue weighted by molar-refractivity contribution is -0.122. The number of nitrogens with one attached hydrogen (secondary N) is 2. The molecule has 0 bridgehead atoms. The van der Waals surface area contributed by atoms with Crippen LogP contribution in [-0.4, -0.2) is 25.5 Å². The maximum absolute atomic E-state index is 11.8. The van der Waals surface area contributed by atoms with Gasteiger partial charge in [0.05, 0.1) is 0 Å². The monoisotopic (exact) mass is 238 g/mol.